The lowest BCUT2D eigenvalue weighted by molar-refractivity contribution is 1.15. The van der Waals surface area contributed by atoms with Gasteiger partial charge in [-0.25, -0.2) is 0 Å². The molecular weight excluding hydrogens is 224 g/mol. The first-order valence-corrected chi connectivity index (χ1v) is 4.71. The summed E-state index contributed by atoms with van der Waals surface area (Å²) in [6.45, 7) is 0. The van der Waals surface area contributed by atoms with Gasteiger partial charge in [0, 0.05) is 6.20 Å². The average Bonchev–Trinajstić information content (AvgIpc) is 2.69. The largest absolute Gasteiger partial charge is 0.282 e. The zero-order chi connectivity index (χ0) is 10.3. The Bertz CT molecular complexity index is 706. The summed E-state index contributed by atoms with van der Waals surface area (Å²) in [5.74, 6) is 0. The molecule has 3 aromatic rings. The number of hydrogen-bond acceptors (Lipinski definition) is 2. The highest BCUT2D eigenvalue weighted by molar-refractivity contribution is 5.85. The van der Waals surface area contributed by atoms with Crippen LogP contribution in [0.1, 0.15) is 0 Å². The Morgan fingerprint density at radius 2 is 1.88 bits per heavy atom. The minimum Gasteiger partial charge on any atom is -0.282 e. The number of para-hydroxylation sites is 1. The van der Waals surface area contributed by atoms with E-state index in [0.717, 1.165) is 11.0 Å². The van der Waals surface area contributed by atoms with E-state index in [-0.39, 0.29) is 18.0 Å². The second-order valence-electron chi connectivity index (χ2n) is 3.38. The van der Waals surface area contributed by atoms with E-state index in [1.165, 1.54) is 0 Å². The quantitative estimate of drug-likeness (QED) is 0.596. The molecule has 0 aliphatic heterocycles. The zero-order valence-electron chi connectivity index (χ0n) is 8.33. The van der Waals surface area contributed by atoms with Crippen molar-refractivity contribution < 1.29 is 0 Å². The number of rotatable bonds is 0. The Hall–Kier alpha value is -1.87. The highest BCUT2D eigenvalue weighted by Crippen LogP contribution is 2.06. The number of hydrogen-bond donors (Lipinski definition) is 0. The maximum absolute atomic E-state index is 12.1. The summed E-state index contributed by atoms with van der Waals surface area (Å²) >= 11 is 0. The Labute approximate surface area is 97.8 Å². The van der Waals surface area contributed by atoms with E-state index in [9.17, 15) is 4.79 Å². The molecule has 0 aliphatic carbocycles. The Morgan fingerprint density at radius 3 is 2.75 bits per heavy atom. The van der Waals surface area contributed by atoms with Crippen LogP contribution in [0, 0.1) is 0 Å². The van der Waals surface area contributed by atoms with Crippen molar-refractivity contribution in [1.82, 2.24) is 9.38 Å². The van der Waals surface area contributed by atoms with E-state index >= 15 is 0 Å². The Morgan fingerprint density at radius 1 is 1.06 bits per heavy atom. The van der Waals surface area contributed by atoms with E-state index in [1.807, 2.05) is 30.3 Å². The first-order valence-electron chi connectivity index (χ1n) is 4.71. The number of aromatic nitrogens is 2. The molecule has 0 saturated carbocycles. The zero-order valence-corrected chi connectivity index (χ0v) is 9.15. The third-order valence-electron chi connectivity index (χ3n) is 2.47. The number of nitrogens with zero attached hydrogens (tertiary/aromatic N) is 2. The molecule has 16 heavy (non-hydrogen) atoms. The molecule has 80 valence electrons. The van der Waals surface area contributed by atoms with Crippen LogP contribution >= 0.6 is 12.4 Å². The molecule has 0 fully saturated rings. The van der Waals surface area contributed by atoms with Crippen molar-refractivity contribution in [1.29, 1.82) is 0 Å². The van der Waals surface area contributed by atoms with Crippen LogP contribution in [0.25, 0.3) is 16.4 Å². The van der Waals surface area contributed by atoms with Crippen molar-refractivity contribution >= 4 is 28.8 Å². The summed E-state index contributed by atoms with van der Waals surface area (Å²) in [7, 11) is 0. The van der Waals surface area contributed by atoms with Gasteiger partial charge in [0.25, 0.3) is 5.56 Å². The van der Waals surface area contributed by atoms with Crippen molar-refractivity contribution in [3.63, 3.8) is 0 Å². The molecule has 3 nitrogen and oxygen atoms in total. The summed E-state index contributed by atoms with van der Waals surface area (Å²) in [4.78, 5) is 16.4. The van der Waals surface area contributed by atoms with Crippen LogP contribution in [-0.4, -0.2) is 9.38 Å². The van der Waals surface area contributed by atoms with Gasteiger partial charge in [0.2, 0.25) is 0 Å². The predicted molar refractivity (Wildman–Crippen MR) is 66.2 cm³/mol. The Kier molecular flexibility index (Phi) is 2.62. The highest BCUT2D eigenvalue weighted by atomic mass is 35.5. The van der Waals surface area contributed by atoms with E-state index in [2.05, 4.69) is 4.98 Å². The van der Waals surface area contributed by atoms with E-state index in [4.69, 9.17) is 0 Å². The second-order valence-corrected chi connectivity index (χ2v) is 3.38. The number of benzene rings is 1. The fourth-order valence-electron chi connectivity index (χ4n) is 1.72. The van der Waals surface area contributed by atoms with Crippen LogP contribution in [0.4, 0.5) is 0 Å². The first kappa shape index (κ1) is 10.6. The second kappa shape index (κ2) is 3.94. The van der Waals surface area contributed by atoms with Gasteiger partial charge in [0.1, 0.15) is 0 Å². The van der Waals surface area contributed by atoms with Gasteiger partial charge in [-0.05, 0) is 24.3 Å². The van der Waals surface area contributed by atoms with Gasteiger partial charge in [0.15, 0.2) is 0 Å². The molecule has 1 aromatic carbocycles. The smallest absolute Gasteiger partial charge is 0.264 e. The van der Waals surface area contributed by atoms with E-state index in [0.29, 0.717) is 5.39 Å². The van der Waals surface area contributed by atoms with E-state index < -0.39 is 0 Å². The number of fused-ring (bicyclic) bond motifs is 2. The third kappa shape index (κ3) is 1.46. The normalized spacial score (nSPS) is 10.2. The fraction of sp³-hybridized carbons (Fsp3) is 0. The van der Waals surface area contributed by atoms with Crippen molar-refractivity contribution in [2.24, 2.45) is 0 Å². The average molecular weight is 233 g/mol. The molecule has 2 aromatic heterocycles. The van der Waals surface area contributed by atoms with Gasteiger partial charge in [-0.2, -0.15) is 0 Å². The van der Waals surface area contributed by atoms with Crippen molar-refractivity contribution in [2.75, 3.05) is 0 Å². The highest BCUT2D eigenvalue weighted by Gasteiger charge is 2.00. The number of halogens is 1. The minimum absolute atomic E-state index is 0. The maximum atomic E-state index is 12.1. The standard InChI is InChI=1S/C12H8N2O.ClH/c15-12-10-5-1-2-6-11(10)13-8-9-4-3-7-14(9)12;/h1-8H;1H. The lowest BCUT2D eigenvalue weighted by Crippen LogP contribution is -2.07. The summed E-state index contributed by atoms with van der Waals surface area (Å²) in [6.07, 6.45) is 3.47. The van der Waals surface area contributed by atoms with Gasteiger partial charge < -0.3 is 0 Å². The van der Waals surface area contributed by atoms with Crippen molar-refractivity contribution in [3.8, 4) is 0 Å². The van der Waals surface area contributed by atoms with Gasteiger partial charge in [-0.1, -0.05) is 12.1 Å². The molecule has 2 heterocycles. The molecule has 0 radical (unpaired) electrons. The van der Waals surface area contributed by atoms with Gasteiger partial charge in [0.05, 0.1) is 22.6 Å². The monoisotopic (exact) mass is 232 g/mol. The molecule has 0 amide bonds. The minimum atomic E-state index is -0.0249. The summed E-state index contributed by atoms with van der Waals surface area (Å²) in [6, 6.07) is 11.1. The van der Waals surface area contributed by atoms with Crippen LogP contribution in [0.3, 0.4) is 0 Å². The molecule has 3 rings (SSSR count). The molecule has 0 aliphatic rings. The lowest BCUT2D eigenvalue weighted by atomic mass is 10.2. The van der Waals surface area contributed by atoms with Crippen molar-refractivity contribution in [2.45, 2.75) is 0 Å². The molecular formula is C12H9ClN2O. The summed E-state index contributed by atoms with van der Waals surface area (Å²) < 4.78 is 1.61. The molecule has 0 bridgehead atoms. The topological polar surface area (TPSA) is 34.4 Å². The third-order valence-corrected chi connectivity index (χ3v) is 2.47. The molecule has 0 N–H and O–H groups in total. The Balaban J connectivity index is 0.000000963. The fourth-order valence-corrected chi connectivity index (χ4v) is 1.72. The maximum Gasteiger partial charge on any atom is 0.264 e. The van der Waals surface area contributed by atoms with Crippen LogP contribution in [0.5, 0.6) is 0 Å². The van der Waals surface area contributed by atoms with Gasteiger partial charge in [-0.3, -0.25) is 14.2 Å². The molecule has 0 spiro atoms. The van der Waals surface area contributed by atoms with Gasteiger partial charge >= 0.3 is 0 Å². The van der Waals surface area contributed by atoms with Crippen LogP contribution in [0.2, 0.25) is 0 Å². The predicted octanol–water partition coefficient (Wildman–Crippen LogP) is 2.27. The van der Waals surface area contributed by atoms with Crippen LogP contribution in [0.15, 0.2) is 53.6 Å². The van der Waals surface area contributed by atoms with Crippen molar-refractivity contribution in [3.05, 3.63) is 59.1 Å². The molecule has 0 unspecified atom stereocenters. The lowest BCUT2D eigenvalue weighted by Gasteiger charge is -1.87. The summed E-state index contributed by atoms with van der Waals surface area (Å²) in [5.41, 5.74) is 1.52. The van der Waals surface area contributed by atoms with Gasteiger partial charge in [-0.15, -0.1) is 12.4 Å². The van der Waals surface area contributed by atoms with E-state index in [1.54, 1.807) is 22.9 Å². The summed E-state index contributed by atoms with van der Waals surface area (Å²) in [5, 5.41) is 0.642. The van der Waals surface area contributed by atoms with Crippen LogP contribution < -0.4 is 5.56 Å². The SMILES string of the molecule is Cl.O=c1c2ccccc2ncc2cccn12. The van der Waals surface area contributed by atoms with Crippen LogP contribution in [-0.2, 0) is 0 Å². The molecule has 0 saturated heterocycles. The molecule has 0 atom stereocenters. The first-order chi connectivity index (χ1) is 7.36. The molecule has 4 heteroatoms.